The van der Waals surface area contributed by atoms with E-state index in [4.69, 9.17) is 11.6 Å². The van der Waals surface area contributed by atoms with Crippen molar-refractivity contribution in [3.8, 4) is 0 Å². The molecule has 0 saturated carbocycles. The summed E-state index contributed by atoms with van der Waals surface area (Å²) in [5.74, 6) is 0. The molecular weight excluding hydrogens is 376 g/mol. The van der Waals surface area contributed by atoms with Crippen molar-refractivity contribution in [3.05, 3.63) is 74.4 Å². The van der Waals surface area contributed by atoms with Crippen molar-refractivity contribution in [1.82, 2.24) is 14.5 Å². The molecule has 0 atom stereocenters. The zero-order chi connectivity index (χ0) is 19.5. The highest BCUT2D eigenvalue weighted by atomic mass is 35.5. The van der Waals surface area contributed by atoms with E-state index in [0.29, 0.717) is 22.5 Å². The van der Waals surface area contributed by atoms with E-state index in [-0.39, 0.29) is 11.2 Å². The molecule has 6 nitrogen and oxygen atoms in total. The molecule has 1 aliphatic rings. The summed E-state index contributed by atoms with van der Waals surface area (Å²) >= 11 is 5.99. The highest BCUT2D eigenvalue weighted by molar-refractivity contribution is 6.31. The smallest absolute Gasteiger partial charge is 0.328 e. The van der Waals surface area contributed by atoms with Crippen molar-refractivity contribution < 1.29 is 0 Å². The van der Waals surface area contributed by atoms with Crippen molar-refractivity contribution >= 4 is 28.2 Å². The van der Waals surface area contributed by atoms with Gasteiger partial charge in [-0.1, -0.05) is 29.8 Å². The van der Waals surface area contributed by atoms with Crippen LogP contribution in [0.25, 0.3) is 10.9 Å². The number of hydrogen-bond donors (Lipinski definition) is 1. The third-order valence-corrected chi connectivity index (χ3v) is 5.53. The van der Waals surface area contributed by atoms with E-state index in [2.05, 4.69) is 39.0 Å². The molecule has 146 valence electrons. The van der Waals surface area contributed by atoms with Crippen molar-refractivity contribution in [1.29, 1.82) is 0 Å². The van der Waals surface area contributed by atoms with Crippen LogP contribution in [-0.2, 0) is 6.54 Å². The quantitative estimate of drug-likeness (QED) is 0.717. The highest BCUT2D eigenvalue weighted by Crippen LogP contribution is 2.16. The molecule has 1 N–H and O–H groups in total. The molecule has 2 aromatic carbocycles. The zero-order valence-electron chi connectivity index (χ0n) is 15.6. The summed E-state index contributed by atoms with van der Waals surface area (Å²) in [6, 6.07) is 15.4. The van der Waals surface area contributed by atoms with Crippen molar-refractivity contribution in [2.45, 2.75) is 13.0 Å². The first-order valence-electron chi connectivity index (χ1n) is 9.56. The molecule has 7 heteroatoms. The topological polar surface area (TPSA) is 61.3 Å². The van der Waals surface area contributed by atoms with E-state index in [1.807, 2.05) is 6.07 Å². The van der Waals surface area contributed by atoms with E-state index >= 15 is 0 Å². The lowest BCUT2D eigenvalue weighted by atomic mass is 10.2. The maximum Gasteiger partial charge on any atom is 0.328 e. The number of rotatable bonds is 5. The minimum absolute atomic E-state index is 0.282. The zero-order valence-corrected chi connectivity index (χ0v) is 16.4. The number of H-pyrrole nitrogens is 1. The van der Waals surface area contributed by atoms with Gasteiger partial charge in [0.15, 0.2) is 0 Å². The van der Waals surface area contributed by atoms with Crippen LogP contribution in [0, 0.1) is 0 Å². The molecule has 0 radical (unpaired) electrons. The SMILES string of the molecule is O=c1[nH]c2ccc(Cl)cc2c(=O)n1CCCN1CCN(c2ccccc2)CC1. The van der Waals surface area contributed by atoms with E-state index < -0.39 is 0 Å². The average Bonchev–Trinajstić information content (AvgIpc) is 2.72. The molecule has 28 heavy (non-hydrogen) atoms. The van der Waals surface area contributed by atoms with Crippen LogP contribution in [-0.4, -0.2) is 47.2 Å². The number of aromatic amines is 1. The van der Waals surface area contributed by atoms with E-state index in [1.54, 1.807) is 18.2 Å². The summed E-state index contributed by atoms with van der Waals surface area (Å²) in [6.07, 6.45) is 0.750. The number of fused-ring (bicyclic) bond motifs is 1. The number of aromatic nitrogens is 2. The molecule has 3 aromatic rings. The Balaban J connectivity index is 1.36. The second-order valence-corrected chi connectivity index (χ2v) is 7.53. The van der Waals surface area contributed by atoms with Gasteiger partial charge in [0.25, 0.3) is 5.56 Å². The van der Waals surface area contributed by atoms with Crippen LogP contribution in [0.3, 0.4) is 0 Å². The van der Waals surface area contributed by atoms with Gasteiger partial charge in [-0.2, -0.15) is 0 Å². The Kier molecular flexibility index (Phi) is 5.50. The molecule has 0 aliphatic carbocycles. The lowest BCUT2D eigenvalue weighted by molar-refractivity contribution is 0.249. The van der Waals surface area contributed by atoms with Crippen LogP contribution in [0.4, 0.5) is 5.69 Å². The van der Waals surface area contributed by atoms with Gasteiger partial charge in [0, 0.05) is 43.4 Å². The Hall–Kier alpha value is -2.57. The van der Waals surface area contributed by atoms with E-state index in [9.17, 15) is 9.59 Å². The second kappa shape index (κ2) is 8.20. The number of benzene rings is 2. The van der Waals surface area contributed by atoms with E-state index in [1.165, 1.54) is 10.3 Å². The number of para-hydroxylation sites is 1. The Morgan fingerprint density at radius 2 is 1.68 bits per heavy atom. The van der Waals surface area contributed by atoms with Gasteiger partial charge in [0.2, 0.25) is 0 Å². The molecule has 4 rings (SSSR count). The summed E-state index contributed by atoms with van der Waals surface area (Å²) in [5, 5.41) is 0.933. The Morgan fingerprint density at radius 3 is 2.43 bits per heavy atom. The largest absolute Gasteiger partial charge is 0.369 e. The number of anilines is 1. The molecule has 1 fully saturated rings. The highest BCUT2D eigenvalue weighted by Gasteiger charge is 2.17. The van der Waals surface area contributed by atoms with Crippen molar-refractivity contribution in [3.63, 3.8) is 0 Å². The van der Waals surface area contributed by atoms with Gasteiger partial charge in [-0.25, -0.2) is 4.79 Å². The standard InChI is InChI=1S/C21H23ClN4O2/c22-16-7-8-19-18(15-16)20(27)26(21(28)23-19)10-4-9-24-11-13-25(14-12-24)17-5-2-1-3-6-17/h1-3,5-8,15H,4,9-14H2,(H,23,28). The normalized spacial score (nSPS) is 15.2. The first-order chi connectivity index (χ1) is 13.6. The van der Waals surface area contributed by atoms with Crippen LogP contribution >= 0.6 is 11.6 Å². The molecule has 0 spiro atoms. The molecule has 1 saturated heterocycles. The van der Waals surface area contributed by atoms with Gasteiger partial charge in [0.05, 0.1) is 10.9 Å². The number of hydrogen-bond acceptors (Lipinski definition) is 4. The van der Waals surface area contributed by atoms with Gasteiger partial charge in [-0.15, -0.1) is 0 Å². The van der Waals surface area contributed by atoms with Gasteiger partial charge >= 0.3 is 5.69 Å². The van der Waals surface area contributed by atoms with Gasteiger partial charge in [-0.05, 0) is 43.3 Å². The first-order valence-corrected chi connectivity index (χ1v) is 9.94. The van der Waals surface area contributed by atoms with Crippen molar-refractivity contribution in [2.75, 3.05) is 37.6 Å². The van der Waals surface area contributed by atoms with E-state index in [0.717, 1.165) is 39.1 Å². The first kappa shape index (κ1) is 18.8. The summed E-state index contributed by atoms with van der Waals surface area (Å²) in [7, 11) is 0. The lowest BCUT2D eigenvalue weighted by Crippen LogP contribution is -2.47. The Labute approximate surface area is 168 Å². The fourth-order valence-electron chi connectivity index (χ4n) is 3.75. The van der Waals surface area contributed by atoms with Crippen LogP contribution in [0.5, 0.6) is 0 Å². The average molecular weight is 399 g/mol. The molecule has 0 unspecified atom stereocenters. The Morgan fingerprint density at radius 1 is 0.929 bits per heavy atom. The predicted molar refractivity (Wildman–Crippen MR) is 114 cm³/mol. The lowest BCUT2D eigenvalue weighted by Gasteiger charge is -2.36. The third-order valence-electron chi connectivity index (χ3n) is 5.29. The molecule has 0 amide bonds. The van der Waals surface area contributed by atoms with Crippen LogP contribution < -0.4 is 16.1 Å². The van der Waals surface area contributed by atoms with Gasteiger partial charge in [0.1, 0.15) is 0 Å². The molecular formula is C21H23ClN4O2. The summed E-state index contributed by atoms with van der Waals surface area (Å²) in [4.78, 5) is 32.5. The van der Waals surface area contributed by atoms with Crippen molar-refractivity contribution in [2.24, 2.45) is 0 Å². The number of nitrogens with one attached hydrogen (secondary N) is 1. The fraction of sp³-hybridized carbons (Fsp3) is 0.333. The maximum absolute atomic E-state index is 12.6. The molecule has 1 aliphatic heterocycles. The summed E-state index contributed by atoms with van der Waals surface area (Å²) in [5.41, 5.74) is 1.13. The Bertz CT molecular complexity index is 1070. The van der Waals surface area contributed by atoms with Gasteiger partial charge in [-0.3, -0.25) is 14.3 Å². The maximum atomic E-state index is 12.6. The van der Waals surface area contributed by atoms with Crippen LogP contribution in [0.1, 0.15) is 6.42 Å². The molecule has 2 heterocycles. The van der Waals surface area contributed by atoms with Gasteiger partial charge < -0.3 is 9.88 Å². The number of halogens is 1. The minimum atomic E-state index is -0.367. The number of nitrogens with zero attached hydrogens (tertiary/aromatic N) is 3. The number of piperazine rings is 1. The molecule has 0 bridgehead atoms. The summed E-state index contributed by atoms with van der Waals surface area (Å²) < 4.78 is 1.28. The second-order valence-electron chi connectivity index (χ2n) is 7.09. The monoisotopic (exact) mass is 398 g/mol. The van der Waals surface area contributed by atoms with Crippen LogP contribution in [0.2, 0.25) is 5.02 Å². The summed E-state index contributed by atoms with van der Waals surface area (Å²) in [6.45, 7) is 5.19. The predicted octanol–water partition coefficient (Wildman–Crippen LogP) is 2.56. The molecule has 1 aromatic heterocycles. The minimum Gasteiger partial charge on any atom is -0.369 e. The van der Waals surface area contributed by atoms with Crippen LogP contribution in [0.15, 0.2) is 58.1 Å². The third kappa shape index (κ3) is 3.98. The fourth-order valence-corrected chi connectivity index (χ4v) is 3.92.